The van der Waals surface area contributed by atoms with Crippen LogP contribution in [-0.4, -0.2) is 28.0 Å². The number of halogens is 1. The molecule has 0 N–H and O–H groups in total. The molecule has 2 unspecified atom stereocenters. The van der Waals surface area contributed by atoms with E-state index in [0.29, 0.717) is 26.9 Å². The number of nitrogens with zero attached hydrogens (tertiary/aromatic N) is 1. The molecule has 0 radical (unpaired) electrons. The second-order valence-corrected chi connectivity index (χ2v) is 9.05. The average Bonchev–Trinajstić information content (AvgIpc) is 3.12. The molecule has 2 aromatic rings. The molecular weight excluding hydrogens is 334 g/mol. The van der Waals surface area contributed by atoms with Gasteiger partial charge in [-0.05, 0) is 42.6 Å². The number of hydrogen-bond donors (Lipinski definition) is 0. The molecule has 1 aliphatic carbocycles. The lowest BCUT2D eigenvalue weighted by atomic mass is 9.97. The molecule has 0 bridgehead atoms. The van der Waals surface area contributed by atoms with Crippen LogP contribution < -0.4 is 0 Å². The van der Waals surface area contributed by atoms with Gasteiger partial charge in [0, 0.05) is 12.5 Å². The van der Waals surface area contributed by atoms with Crippen LogP contribution in [0.5, 0.6) is 0 Å². The summed E-state index contributed by atoms with van der Waals surface area (Å²) < 4.78 is 24.6. The maximum absolute atomic E-state index is 13.2. The van der Waals surface area contributed by atoms with Crippen LogP contribution in [0.1, 0.15) is 45.9 Å². The van der Waals surface area contributed by atoms with Crippen molar-refractivity contribution in [2.24, 2.45) is 0 Å². The van der Waals surface area contributed by atoms with Gasteiger partial charge in [0.1, 0.15) is 16.9 Å². The number of methoxy groups -OCH3 is 1. The number of ether oxygens (including phenoxy) is 1. The van der Waals surface area contributed by atoms with Crippen molar-refractivity contribution in [2.75, 3.05) is 7.11 Å². The van der Waals surface area contributed by atoms with Crippen LogP contribution >= 0.6 is 11.6 Å². The van der Waals surface area contributed by atoms with Crippen LogP contribution in [0, 0.1) is 0 Å². The van der Waals surface area contributed by atoms with Crippen LogP contribution in [-0.2, 0) is 21.3 Å². The highest BCUT2D eigenvalue weighted by Gasteiger charge is 2.40. The van der Waals surface area contributed by atoms with Gasteiger partial charge in [-0.25, -0.2) is 4.98 Å². The van der Waals surface area contributed by atoms with E-state index in [-0.39, 0.29) is 16.8 Å². The average molecular weight is 356 g/mol. The second kappa shape index (κ2) is 6.28. The summed E-state index contributed by atoms with van der Waals surface area (Å²) in [4.78, 5) is 5.10. The smallest absolute Gasteiger partial charge is 0.216 e. The molecule has 126 valence electrons. The summed E-state index contributed by atoms with van der Waals surface area (Å²) in [6.45, 7) is 6.11. The zero-order valence-electron chi connectivity index (χ0n) is 13.9. The summed E-state index contributed by atoms with van der Waals surface area (Å²) in [5, 5.41) is 0.417. The van der Waals surface area contributed by atoms with Gasteiger partial charge in [0.25, 0.3) is 0 Å². The molecule has 1 saturated carbocycles. The Kier molecular flexibility index (Phi) is 4.67. The van der Waals surface area contributed by atoms with Gasteiger partial charge in [0.2, 0.25) is 16.4 Å². The fraction of sp³-hybridized carbons (Fsp3) is 0.588. The molecule has 6 heteroatoms. The van der Waals surface area contributed by atoms with Crippen molar-refractivity contribution in [3.63, 3.8) is 0 Å². The number of aromatic nitrogens is 1. The fourth-order valence-corrected chi connectivity index (χ4v) is 5.18. The summed E-state index contributed by atoms with van der Waals surface area (Å²) in [6, 6.07) is 3.57. The third-order valence-corrected chi connectivity index (χ3v) is 6.60. The summed E-state index contributed by atoms with van der Waals surface area (Å²) >= 11 is 5.09. The first-order valence-corrected chi connectivity index (χ1v) is 9.45. The molecule has 1 heterocycles. The minimum Gasteiger partial charge on any atom is -0.611 e. The largest absolute Gasteiger partial charge is 0.611 e. The van der Waals surface area contributed by atoms with E-state index in [1.807, 2.05) is 26.8 Å². The number of rotatable bonds is 3. The van der Waals surface area contributed by atoms with Crippen molar-refractivity contribution in [3.05, 3.63) is 23.0 Å². The van der Waals surface area contributed by atoms with Gasteiger partial charge in [-0.15, -0.1) is 0 Å². The van der Waals surface area contributed by atoms with Gasteiger partial charge in [-0.2, -0.15) is 0 Å². The highest BCUT2D eigenvalue weighted by atomic mass is 35.5. The van der Waals surface area contributed by atoms with E-state index in [1.54, 1.807) is 13.2 Å². The van der Waals surface area contributed by atoms with Crippen LogP contribution in [0.4, 0.5) is 0 Å². The predicted octanol–water partition coefficient (Wildman–Crippen LogP) is 4.45. The lowest BCUT2D eigenvalue weighted by molar-refractivity contribution is 0.111. The molecule has 1 fully saturated rings. The molecule has 0 saturated heterocycles. The van der Waals surface area contributed by atoms with Crippen molar-refractivity contribution in [1.82, 2.24) is 4.98 Å². The lowest BCUT2D eigenvalue weighted by Crippen LogP contribution is -2.31. The number of oxazole rings is 1. The number of hydrogen-bond acceptors (Lipinski definition) is 4. The first-order valence-electron chi connectivity index (χ1n) is 7.86. The van der Waals surface area contributed by atoms with E-state index in [2.05, 4.69) is 4.98 Å². The molecule has 0 amide bonds. The molecule has 1 aromatic carbocycles. The lowest BCUT2D eigenvalue weighted by Gasteiger charge is -2.22. The molecule has 3 atom stereocenters. The molecule has 4 nitrogen and oxygen atoms in total. The summed E-state index contributed by atoms with van der Waals surface area (Å²) in [6.07, 6.45) is 2.83. The van der Waals surface area contributed by atoms with Gasteiger partial charge in [0.15, 0.2) is 0 Å². The van der Waals surface area contributed by atoms with Crippen LogP contribution in [0.15, 0.2) is 21.4 Å². The predicted molar refractivity (Wildman–Crippen MR) is 92.6 cm³/mol. The Hall–Kier alpha value is -0.750. The maximum atomic E-state index is 13.2. The van der Waals surface area contributed by atoms with Crippen molar-refractivity contribution in [3.8, 4) is 0 Å². The SMILES string of the molecule is COC1CCC[C@H]1[S+]([O-])c1c(Cl)ccc2nc(C(C)(C)C)oc12. The summed E-state index contributed by atoms with van der Waals surface area (Å²) in [5.41, 5.74) is 1.03. The monoisotopic (exact) mass is 355 g/mol. The maximum Gasteiger partial charge on any atom is 0.216 e. The first-order chi connectivity index (χ1) is 10.8. The number of benzene rings is 1. The van der Waals surface area contributed by atoms with Gasteiger partial charge < -0.3 is 13.7 Å². The van der Waals surface area contributed by atoms with Crippen LogP contribution in [0.25, 0.3) is 11.1 Å². The molecule has 23 heavy (non-hydrogen) atoms. The standard InChI is InChI=1S/C17H22ClNO3S/c1-17(2,3)16-19-11-9-8-10(18)15(14(11)22-16)23(20)13-7-5-6-12(13)21-4/h8-9,12-13H,5-7H2,1-4H3/t12?,13-,23?/m1/s1. The van der Waals surface area contributed by atoms with E-state index in [1.165, 1.54) is 0 Å². The van der Waals surface area contributed by atoms with Crippen molar-refractivity contribution in [1.29, 1.82) is 0 Å². The third-order valence-electron chi connectivity index (χ3n) is 4.28. The van der Waals surface area contributed by atoms with Crippen molar-refractivity contribution < 1.29 is 13.7 Å². The highest BCUT2D eigenvalue weighted by molar-refractivity contribution is 7.92. The van der Waals surface area contributed by atoms with E-state index < -0.39 is 11.2 Å². The Morgan fingerprint density at radius 1 is 1.35 bits per heavy atom. The van der Waals surface area contributed by atoms with Gasteiger partial charge in [-0.3, -0.25) is 0 Å². The molecule has 3 rings (SSSR count). The molecule has 1 aromatic heterocycles. The topological polar surface area (TPSA) is 58.3 Å². The fourth-order valence-electron chi connectivity index (χ4n) is 3.01. The minimum absolute atomic E-state index is 0.00663. The Morgan fingerprint density at radius 3 is 2.74 bits per heavy atom. The zero-order valence-corrected chi connectivity index (χ0v) is 15.5. The zero-order chi connectivity index (χ0) is 16.8. The molecular formula is C17H22ClNO3S. The van der Waals surface area contributed by atoms with Crippen molar-refractivity contribution in [2.45, 2.75) is 61.7 Å². The Morgan fingerprint density at radius 2 is 2.09 bits per heavy atom. The van der Waals surface area contributed by atoms with Crippen molar-refractivity contribution >= 4 is 33.9 Å². The third kappa shape index (κ3) is 3.12. The molecule has 0 spiro atoms. The van der Waals surface area contributed by atoms with E-state index in [9.17, 15) is 4.55 Å². The highest BCUT2D eigenvalue weighted by Crippen LogP contribution is 2.39. The normalized spacial score (nSPS) is 23.6. The Bertz CT molecular complexity index is 710. The second-order valence-electron chi connectivity index (χ2n) is 7.03. The minimum atomic E-state index is -1.28. The Balaban J connectivity index is 2.08. The van der Waals surface area contributed by atoms with Crippen LogP contribution in [0.2, 0.25) is 5.02 Å². The van der Waals surface area contributed by atoms with Gasteiger partial charge in [0.05, 0.1) is 5.02 Å². The van der Waals surface area contributed by atoms with Gasteiger partial charge >= 0.3 is 0 Å². The van der Waals surface area contributed by atoms with E-state index >= 15 is 0 Å². The number of fused-ring (bicyclic) bond motifs is 1. The van der Waals surface area contributed by atoms with E-state index in [4.69, 9.17) is 20.8 Å². The van der Waals surface area contributed by atoms with Crippen LogP contribution in [0.3, 0.4) is 0 Å². The first kappa shape index (κ1) is 17.1. The Labute approximate surface area is 144 Å². The summed E-state index contributed by atoms with van der Waals surface area (Å²) in [7, 11) is 1.68. The summed E-state index contributed by atoms with van der Waals surface area (Å²) in [5.74, 6) is 0.628. The molecule has 1 aliphatic rings. The quantitative estimate of drug-likeness (QED) is 0.763. The van der Waals surface area contributed by atoms with Gasteiger partial charge in [-0.1, -0.05) is 32.4 Å². The molecule has 0 aliphatic heterocycles. The van der Waals surface area contributed by atoms with E-state index in [0.717, 1.165) is 19.3 Å².